The van der Waals surface area contributed by atoms with Gasteiger partial charge in [0.1, 0.15) is 0 Å². The van der Waals surface area contributed by atoms with Gasteiger partial charge in [0.15, 0.2) is 11.5 Å². The highest BCUT2D eigenvalue weighted by molar-refractivity contribution is 5.98. The molecule has 0 bridgehead atoms. The summed E-state index contributed by atoms with van der Waals surface area (Å²) in [5.41, 5.74) is 5.15. The number of hydrogen-bond acceptors (Lipinski definition) is 5. The number of hydrogen-bond donors (Lipinski definition) is 0. The van der Waals surface area contributed by atoms with E-state index in [2.05, 4.69) is 0 Å². The van der Waals surface area contributed by atoms with Crippen LogP contribution in [-0.4, -0.2) is 32.2 Å². The van der Waals surface area contributed by atoms with Gasteiger partial charge in [0.2, 0.25) is 5.91 Å². The lowest BCUT2D eigenvalue weighted by atomic mass is 9.86. The number of nitrogens with zero attached hydrogens (tertiary/aromatic N) is 1. The van der Waals surface area contributed by atoms with Gasteiger partial charge in [0.05, 0.1) is 38.3 Å². The van der Waals surface area contributed by atoms with Crippen LogP contribution in [-0.2, 0) is 16.0 Å². The summed E-state index contributed by atoms with van der Waals surface area (Å²) in [4.78, 5) is 27.3. The largest absolute Gasteiger partial charge is 0.490 e. The van der Waals surface area contributed by atoms with Gasteiger partial charge in [-0.2, -0.15) is 0 Å². The Morgan fingerprint density at radius 3 is 2.15 bits per heavy atom. The number of benzene rings is 3. The summed E-state index contributed by atoms with van der Waals surface area (Å²) < 4.78 is 16.5. The minimum atomic E-state index is -0.401. The summed E-state index contributed by atoms with van der Waals surface area (Å²) in [6, 6.07) is 18.6. The van der Waals surface area contributed by atoms with Gasteiger partial charge in [-0.3, -0.25) is 4.79 Å². The number of rotatable bonds is 7. The van der Waals surface area contributed by atoms with Crippen molar-refractivity contribution in [2.24, 2.45) is 0 Å². The molecule has 1 aliphatic heterocycles. The van der Waals surface area contributed by atoms with E-state index in [0.717, 1.165) is 27.9 Å². The van der Waals surface area contributed by atoms with Crippen molar-refractivity contribution in [2.75, 3.05) is 25.2 Å². The Bertz CT molecular complexity index is 1180. The topological polar surface area (TPSA) is 65.1 Å². The molecule has 1 amide bonds. The maximum atomic E-state index is 13.5. The quantitative estimate of drug-likeness (QED) is 0.451. The van der Waals surface area contributed by atoms with Crippen molar-refractivity contribution in [3.63, 3.8) is 0 Å². The summed E-state index contributed by atoms with van der Waals surface area (Å²) in [7, 11) is 1.36. The van der Waals surface area contributed by atoms with Gasteiger partial charge in [-0.25, -0.2) is 4.79 Å². The molecule has 4 rings (SSSR count). The summed E-state index contributed by atoms with van der Waals surface area (Å²) in [6.07, 6.45) is 0.256. The molecule has 3 aromatic carbocycles. The summed E-state index contributed by atoms with van der Waals surface area (Å²) in [5, 5.41) is 0. The van der Waals surface area contributed by atoms with Crippen molar-refractivity contribution in [1.29, 1.82) is 0 Å². The van der Waals surface area contributed by atoms with Crippen LogP contribution in [0.5, 0.6) is 11.5 Å². The number of fused-ring (bicyclic) bond motifs is 1. The molecule has 6 heteroatoms. The minimum absolute atomic E-state index is 0.00925. The predicted molar refractivity (Wildman–Crippen MR) is 131 cm³/mol. The van der Waals surface area contributed by atoms with Gasteiger partial charge in [-0.1, -0.05) is 29.8 Å². The Kier molecular flexibility index (Phi) is 6.87. The van der Waals surface area contributed by atoms with Crippen LogP contribution in [0.4, 0.5) is 5.69 Å². The molecular formula is C28H29NO5. The second kappa shape index (κ2) is 10.00. The first-order chi connectivity index (χ1) is 16.5. The number of aryl methyl sites for hydroxylation is 1. The molecule has 0 N–H and O–H groups in total. The van der Waals surface area contributed by atoms with Crippen molar-refractivity contribution in [3.8, 4) is 11.5 Å². The van der Waals surface area contributed by atoms with E-state index in [9.17, 15) is 9.59 Å². The third-order valence-corrected chi connectivity index (χ3v) is 5.93. The van der Waals surface area contributed by atoms with Crippen molar-refractivity contribution in [2.45, 2.75) is 33.2 Å². The molecule has 1 heterocycles. The third kappa shape index (κ3) is 4.49. The Hall–Kier alpha value is -3.80. The van der Waals surface area contributed by atoms with Gasteiger partial charge in [-0.05, 0) is 73.9 Å². The molecule has 0 aliphatic carbocycles. The zero-order valence-corrected chi connectivity index (χ0v) is 20.0. The molecule has 3 aromatic rings. The lowest BCUT2D eigenvalue weighted by Gasteiger charge is -2.38. The van der Waals surface area contributed by atoms with E-state index >= 15 is 0 Å². The fraction of sp³-hybridized carbons (Fsp3) is 0.286. The van der Waals surface area contributed by atoms with Crippen LogP contribution in [0.2, 0.25) is 0 Å². The highest BCUT2D eigenvalue weighted by atomic mass is 16.5. The second-order valence-electron chi connectivity index (χ2n) is 8.16. The van der Waals surface area contributed by atoms with Crippen molar-refractivity contribution < 1.29 is 23.8 Å². The number of methoxy groups -OCH3 is 1. The second-order valence-corrected chi connectivity index (χ2v) is 8.16. The first-order valence-electron chi connectivity index (χ1n) is 11.5. The van der Waals surface area contributed by atoms with E-state index in [4.69, 9.17) is 14.2 Å². The van der Waals surface area contributed by atoms with Crippen LogP contribution in [0.1, 0.15) is 52.5 Å². The van der Waals surface area contributed by atoms with Crippen LogP contribution in [0.25, 0.3) is 0 Å². The molecule has 0 radical (unpaired) electrons. The van der Waals surface area contributed by atoms with Gasteiger partial charge in [0.25, 0.3) is 0 Å². The number of esters is 1. The van der Waals surface area contributed by atoms with Crippen molar-refractivity contribution in [3.05, 3.63) is 88.5 Å². The van der Waals surface area contributed by atoms with Crippen LogP contribution < -0.4 is 14.4 Å². The van der Waals surface area contributed by atoms with Crippen LogP contribution in [0.15, 0.2) is 60.7 Å². The highest BCUT2D eigenvalue weighted by Crippen LogP contribution is 2.43. The van der Waals surface area contributed by atoms with E-state index in [-0.39, 0.29) is 18.4 Å². The summed E-state index contributed by atoms with van der Waals surface area (Å²) in [6.45, 7) is 6.87. The molecular weight excluding hydrogens is 430 g/mol. The number of amides is 1. The normalized spacial score (nSPS) is 15.0. The van der Waals surface area contributed by atoms with Gasteiger partial charge >= 0.3 is 5.97 Å². The monoisotopic (exact) mass is 459 g/mol. The number of ether oxygens (including phenoxy) is 3. The first kappa shape index (κ1) is 23.4. The molecule has 0 saturated heterocycles. The first-order valence-corrected chi connectivity index (χ1v) is 11.5. The third-order valence-electron chi connectivity index (χ3n) is 5.93. The van der Waals surface area contributed by atoms with Gasteiger partial charge in [-0.15, -0.1) is 0 Å². The smallest absolute Gasteiger partial charge is 0.337 e. The minimum Gasteiger partial charge on any atom is -0.490 e. The molecule has 0 fully saturated rings. The van der Waals surface area contributed by atoms with Gasteiger partial charge < -0.3 is 19.1 Å². The lowest BCUT2D eigenvalue weighted by Crippen LogP contribution is -2.41. The zero-order valence-electron chi connectivity index (χ0n) is 20.0. The Morgan fingerprint density at radius 2 is 1.56 bits per heavy atom. The number of carbonyl (C=O) groups is 2. The predicted octanol–water partition coefficient (Wildman–Crippen LogP) is 5.26. The molecule has 1 atom stereocenters. The fourth-order valence-electron chi connectivity index (χ4n) is 4.34. The van der Waals surface area contributed by atoms with E-state index < -0.39 is 5.97 Å². The van der Waals surface area contributed by atoms with Crippen molar-refractivity contribution >= 4 is 17.6 Å². The fourth-order valence-corrected chi connectivity index (χ4v) is 4.34. The molecule has 0 aromatic heterocycles. The SMILES string of the molecule is CCOc1cc2c(cc1OCC)[C@@H](c1ccc(C(=O)OC)cc1)N(c1ccc(C)cc1)C(=O)C2. The lowest BCUT2D eigenvalue weighted by molar-refractivity contribution is -0.118. The van der Waals surface area contributed by atoms with E-state index in [1.807, 2.05) is 74.2 Å². The molecule has 6 nitrogen and oxygen atoms in total. The molecule has 0 unspecified atom stereocenters. The molecule has 1 aliphatic rings. The van der Waals surface area contributed by atoms with E-state index in [1.165, 1.54) is 7.11 Å². The average molecular weight is 460 g/mol. The van der Waals surface area contributed by atoms with Crippen LogP contribution in [0.3, 0.4) is 0 Å². The van der Waals surface area contributed by atoms with Crippen LogP contribution >= 0.6 is 0 Å². The highest BCUT2D eigenvalue weighted by Gasteiger charge is 2.36. The number of carbonyl (C=O) groups excluding carboxylic acids is 2. The van der Waals surface area contributed by atoms with E-state index in [0.29, 0.717) is 30.3 Å². The maximum Gasteiger partial charge on any atom is 0.337 e. The summed E-state index contributed by atoms with van der Waals surface area (Å²) in [5.74, 6) is 0.879. The Balaban J connectivity index is 1.89. The van der Waals surface area contributed by atoms with Gasteiger partial charge in [0, 0.05) is 5.69 Å². The molecule has 0 spiro atoms. The Morgan fingerprint density at radius 1 is 0.941 bits per heavy atom. The number of anilines is 1. The Labute approximate surface area is 200 Å². The standard InChI is InChI=1S/C28H29NO5/c1-5-33-24-15-21-16-26(30)29(22-13-7-18(3)8-14-22)27(23(21)17-25(24)34-6-2)19-9-11-20(12-10-19)28(31)32-4/h7-15,17,27H,5-6,16H2,1-4H3/t27-/m1/s1. The molecule has 176 valence electrons. The summed E-state index contributed by atoms with van der Waals surface area (Å²) >= 11 is 0. The zero-order chi connectivity index (χ0) is 24.2. The molecule has 34 heavy (non-hydrogen) atoms. The average Bonchev–Trinajstić information content (AvgIpc) is 2.84. The van der Waals surface area contributed by atoms with E-state index in [1.54, 1.807) is 12.1 Å². The maximum absolute atomic E-state index is 13.5. The molecule has 0 saturated carbocycles. The van der Waals surface area contributed by atoms with Crippen molar-refractivity contribution in [1.82, 2.24) is 0 Å². The van der Waals surface area contributed by atoms with Crippen LogP contribution in [0, 0.1) is 6.92 Å².